The standard InChI is InChI=1S/C18H24N2O3S/c1-15-14-17(10-11-18(15)23-4)24(21,22)20(13-12-19(2)3)16-8-6-5-7-9-16/h5-11,14H,12-13H2,1-4H3. The van der Waals surface area contributed by atoms with Crippen molar-refractivity contribution >= 4 is 15.7 Å². The van der Waals surface area contributed by atoms with Gasteiger partial charge in [-0.05, 0) is 56.9 Å². The minimum atomic E-state index is -3.65. The minimum absolute atomic E-state index is 0.267. The average molecular weight is 348 g/mol. The maximum absolute atomic E-state index is 13.2. The van der Waals surface area contributed by atoms with Crippen molar-refractivity contribution in [2.75, 3.05) is 38.6 Å². The molecule has 0 spiro atoms. The van der Waals surface area contributed by atoms with Gasteiger partial charge in [0.2, 0.25) is 0 Å². The van der Waals surface area contributed by atoms with Gasteiger partial charge in [-0.1, -0.05) is 18.2 Å². The molecule has 0 fully saturated rings. The van der Waals surface area contributed by atoms with Gasteiger partial charge < -0.3 is 9.64 Å². The van der Waals surface area contributed by atoms with E-state index in [4.69, 9.17) is 4.74 Å². The predicted octanol–water partition coefficient (Wildman–Crippen LogP) is 2.76. The van der Waals surface area contributed by atoms with Crippen LogP contribution >= 0.6 is 0 Å². The number of anilines is 1. The van der Waals surface area contributed by atoms with Crippen molar-refractivity contribution < 1.29 is 13.2 Å². The van der Waals surface area contributed by atoms with Crippen LogP contribution in [0.15, 0.2) is 53.4 Å². The van der Waals surface area contributed by atoms with Crippen molar-refractivity contribution in [1.29, 1.82) is 0 Å². The molecule has 0 amide bonds. The molecular weight excluding hydrogens is 324 g/mol. The van der Waals surface area contributed by atoms with Gasteiger partial charge in [-0.25, -0.2) is 8.42 Å². The molecule has 0 aromatic heterocycles. The molecule has 2 aromatic rings. The van der Waals surface area contributed by atoms with Crippen LogP contribution in [0, 0.1) is 6.92 Å². The third kappa shape index (κ3) is 4.07. The molecule has 0 bridgehead atoms. The van der Waals surface area contributed by atoms with E-state index >= 15 is 0 Å². The Morgan fingerprint density at radius 1 is 1.00 bits per heavy atom. The van der Waals surface area contributed by atoms with E-state index in [-0.39, 0.29) is 4.90 Å². The van der Waals surface area contributed by atoms with Gasteiger partial charge in [-0.3, -0.25) is 4.31 Å². The van der Waals surface area contributed by atoms with Crippen molar-refractivity contribution in [2.45, 2.75) is 11.8 Å². The second-order valence-electron chi connectivity index (χ2n) is 5.85. The molecule has 5 nitrogen and oxygen atoms in total. The quantitative estimate of drug-likeness (QED) is 0.772. The normalized spacial score (nSPS) is 11.5. The first-order valence-electron chi connectivity index (χ1n) is 7.73. The molecule has 0 saturated carbocycles. The lowest BCUT2D eigenvalue weighted by Gasteiger charge is -2.26. The molecule has 0 unspecified atom stereocenters. The SMILES string of the molecule is COc1ccc(S(=O)(=O)N(CCN(C)C)c2ccccc2)cc1C. The summed E-state index contributed by atoms with van der Waals surface area (Å²) >= 11 is 0. The zero-order valence-electron chi connectivity index (χ0n) is 14.6. The van der Waals surface area contributed by atoms with Crippen molar-refractivity contribution in [3.05, 3.63) is 54.1 Å². The Bertz CT molecular complexity index is 774. The molecular formula is C18H24N2O3S. The minimum Gasteiger partial charge on any atom is -0.496 e. The highest BCUT2D eigenvalue weighted by Gasteiger charge is 2.25. The highest BCUT2D eigenvalue weighted by molar-refractivity contribution is 7.92. The first kappa shape index (κ1) is 18.3. The van der Waals surface area contributed by atoms with Gasteiger partial charge in [-0.2, -0.15) is 0 Å². The molecule has 0 aliphatic heterocycles. The fourth-order valence-corrected chi connectivity index (χ4v) is 3.95. The number of rotatable bonds is 7. The monoisotopic (exact) mass is 348 g/mol. The van der Waals surface area contributed by atoms with E-state index in [1.807, 2.05) is 56.3 Å². The van der Waals surface area contributed by atoms with Crippen LogP contribution in [-0.2, 0) is 10.0 Å². The molecule has 0 aliphatic carbocycles. The Balaban J connectivity index is 2.45. The van der Waals surface area contributed by atoms with Crippen molar-refractivity contribution in [2.24, 2.45) is 0 Å². The maximum atomic E-state index is 13.2. The van der Waals surface area contributed by atoms with Gasteiger partial charge in [0.25, 0.3) is 10.0 Å². The van der Waals surface area contributed by atoms with Crippen molar-refractivity contribution in [3.63, 3.8) is 0 Å². The van der Waals surface area contributed by atoms with E-state index in [1.54, 1.807) is 25.3 Å². The van der Waals surface area contributed by atoms with E-state index in [2.05, 4.69) is 0 Å². The van der Waals surface area contributed by atoms with Crippen LogP contribution in [0.1, 0.15) is 5.56 Å². The van der Waals surface area contributed by atoms with Gasteiger partial charge in [-0.15, -0.1) is 0 Å². The number of likely N-dealkylation sites (N-methyl/N-ethyl adjacent to an activating group) is 1. The van der Waals surface area contributed by atoms with Crippen LogP contribution in [-0.4, -0.2) is 47.6 Å². The number of ether oxygens (including phenoxy) is 1. The molecule has 24 heavy (non-hydrogen) atoms. The molecule has 130 valence electrons. The summed E-state index contributed by atoms with van der Waals surface area (Å²) in [5.41, 5.74) is 1.45. The number of sulfonamides is 1. The molecule has 2 rings (SSSR count). The van der Waals surface area contributed by atoms with Crippen LogP contribution in [0.4, 0.5) is 5.69 Å². The summed E-state index contributed by atoms with van der Waals surface area (Å²) in [4.78, 5) is 2.23. The largest absolute Gasteiger partial charge is 0.496 e. The Kier molecular flexibility index (Phi) is 5.85. The van der Waals surface area contributed by atoms with Gasteiger partial charge in [0.1, 0.15) is 5.75 Å². The molecule has 0 radical (unpaired) electrons. The molecule has 0 saturated heterocycles. The summed E-state index contributed by atoms with van der Waals surface area (Å²) < 4.78 is 33.0. The van der Waals surface area contributed by atoms with Gasteiger partial charge >= 0.3 is 0 Å². The van der Waals surface area contributed by atoms with Crippen LogP contribution in [0.5, 0.6) is 5.75 Å². The Hall–Kier alpha value is -2.05. The Morgan fingerprint density at radius 3 is 2.21 bits per heavy atom. The number of hydrogen-bond donors (Lipinski definition) is 0. The number of nitrogens with zero attached hydrogens (tertiary/aromatic N) is 2. The number of aryl methyl sites for hydroxylation is 1. The maximum Gasteiger partial charge on any atom is 0.264 e. The summed E-state index contributed by atoms with van der Waals surface area (Å²) in [5.74, 6) is 0.675. The molecule has 0 aliphatic rings. The predicted molar refractivity (Wildman–Crippen MR) is 97.3 cm³/mol. The Morgan fingerprint density at radius 2 is 1.67 bits per heavy atom. The second kappa shape index (κ2) is 7.68. The lowest BCUT2D eigenvalue weighted by molar-refractivity contribution is 0.411. The third-order valence-corrected chi connectivity index (χ3v) is 5.57. The van der Waals surface area contributed by atoms with Crippen LogP contribution in [0.3, 0.4) is 0 Å². The van der Waals surface area contributed by atoms with Gasteiger partial charge in [0, 0.05) is 13.1 Å². The fraction of sp³-hybridized carbons (Fsp3) is 0.333. The van der Waals surface area contributed by atoms with Crippen LogP contribution < -0.4 is 9.04 Å². The summed E-state index contributed by atoms with van der Waals surface area (Å²) in [6.07, 6.45) is 0. The highest BCUT2D eigenvalue weighted by atomic mass is 32.2. The molecule has 0 N–H and O–H groups in total. The first-order valence-corrected chi connectivity index (χ1v) is 9.17. The lowest BCUT2D eigenvalue weighted by Crippen LogP contribution is -2.36. The number of benzene rings is 2. The second-order valence-corrected chi connectivity index (χ2v) is 7.71. The van der Waals surface area contributed by atoms with Gasteiger partial charge in [0.15, 0.2) is 0 Å². The van der Waals surface area contributed by atoms with Gasteiger partial charge in [0.05, 0.1) is 17.7 Å². The number of hydrogen-bond acceptors (Lipinski definition) is 4. The summed E-state index contributed by atoms with van der Waals surface area (Å²) in [6, 6.07) is 14.1. The van der Waals surface area contributed by atoms with E-state index in [0.29, 0.717) is 24.5 Å². The zero-order valence-corrected chi connectivity index (χ0v) is 15.4. The summed E-state index contributed by atoms with van der Waals surface area (Å²) in [7, 11) is 1.77. The van der Waals surface area contributed by atoms with Crippen LogP contribution in [0.2, 0.25) is 0 Å². The fourth-order valence-electron chi connectivity index (χ4n) is 2.41. The smallest absolute Gasteiger partial charge is 0.264 e. The first-order chi connectivity index (χ1) is 11.4. The van der Waals surface area contributed by atoms with E-state index < -0.39 is 10.0 Å². The molecule has 2 aromatic carbocycles. The van der Waals surface area contributed by atoms with E-state index in [9.17, 15) is 8.42 Å². The van der Waals surface area contributed by atoms with E-state index in [0.717, 1.165) is 5.56 Å². The van der Waals surface area contributed by atoms with E-state index in [1.165, 1.54) is 4.31 Å². The lowest BCUT2D eigenvalue weighted by atomic mass is 10.2. The molecule has 6 heteroatoms. The van der Waals surface area contributed by atoms with Crippen molar-refractivity contribution in [1.82, 2.24) is 4.90 Å². The summed E-state index contributed by atoms with van der Waals surface area (Å²) in [6.45, 7) is 2.85. The van der Waals surface area contributed by atoms with Crippen LogP contribution in [0.25, 0.3) is 0 Å². The highest BCUT2D eigenvalue weighted by Crippen LogP contribution is 2.27. The molecule has 0 heterocycles. The summed E-state index contributed by atoms with van der Waals surface area (Å²) in [5, 5.41) is 0. The van der Waals surface area contributed by atoms with Crippen molar-refractivity contribution in [3.8, 4) is 5.75 Å². The zero-order chi connectivity index (χ0) is 17.7. The number of para-hydroxylation sites is 1. The average Bonchev–Trinajstić information content (AvgIpc) is 2.55. The number of methoxy groups -OCH3 is 1. The topological polar surface area (TPSA) is 49.9 Å². The third-order valence-electron chi connectivity index (χ3n) is 3.75. The Labute approximate surface area is 144 Å². The molecule has 0 atom stereocenters.